The number of likely N-dealkylation sites (tertiary alicyclic amines) is 1. The Kier molecular flexibility index (Phi) is 9.51. The molecule has 1 saturated carbocycles. The Morgan fingerprint density at radius 3 is 2.54 bits per heavy atom. The van der Waals surface area contributed by atoms with Gasteiger partial charge in [-0.2, -0.15) is 0 Å². The lowest BCUT2D eigenvalue weighted by Gasteiger charge is -2.41. The van der Waals surface area contributed by atoms with Gasteiger partial charge in [-0.1, -0.05) is 49.6 Å². The third kappa shape index (κ3) is 7.28. The maximum Gasteiger partial charge on any atom is 0.222 e. The molecule has 158 valence electrons. The number of allylic oxidation sites excluding steroid dienone is 2. The van der Waals surface area contributed by atoms with E-state index in [-0.39, 0.29) is 0 Å². The number of carbonyl (C=O) groups excluding carboxylic acids is 1. The summed E-state index contributed by atoms with van der Waals surface area (Å²) in [6.45, 7) is 2.06. The van der Waals surface area contributed by atoms with Gasteiger partial charge in [0.2, 0.25) is 5.91 Å². The summed E-state index contributed by atoms with van der Waals surface area (Å²) in [5, 5.41) is 0. The second kappa shape index (κ2) is 12.1. The van der Waals surface area contributed by atoms with Crippen LogP contribution in [0.5, 0.6) is 0 Å². The number of carbonyl (C=O) groups is 1. The van der Waals surface area contributed by atoms with Crippen molar-refractivity contribution in [3.63, 3.8) is 0 Å². The predicted octanol–water partition coefficient (Wildman–Crippen LogP) is 7.02. The van der Waals surface area contributed by atoms with Gasteiger partial charge in [0.05, 0.1) is 0 Å². The molecule has 28 heavy (non-hydrogen) atoms. The van der Waals surface area contributed by atoms with Crippen molar-refractivity contribution in [3.05, 3.63) is 11.6 Å². The molecule has 2 aliphatic carbocycles. The van der Waals surface area contributed by atoms with Crippen LogP contribution in [-0.4, -0.2) is 28.8 Å². The summed E-state index contributed by atoms with van der Waals surface area (Å²) in [6.07, 6.45) is 23.4. The van der Waals surface area contributed by atoms with E-state index in [0.29, 0.717) is 5.91 Å². The van der Waals surface area contributed by atoms with Crippen LogP contribution in [0.15, 0.2) is 11.6 Å². The van der Waals surface area contributed by atoms with Crippen molar-refractivity contribution < 1.29 is 4.79 Å². The molecule has 3 rings (SSSR count). The standard InChI is InChI=1S/C25H41NOS/c27-25(26-19-18-22-13-7-8-14-23(22)20-26)17-6-2-5-15-24(28)16-9-12-21-10-3-1-4-11-21/h10,22-23H,1-9,11-20H2. The van der Waals surface area contributed by atoms with Gasteiger partial charge in [0.15, 0.2) is 0 Å². The molecular formula is C25H41NOS. The summed E-state index contributed by atoms with van der Waals surface area (Å²) in [4.78, 5) is 16.0. The number of fused-ring (bicyclic) bond motifs is 1. The molecule has 3 heteroatoms. The molecule has 1 aliphatic heterocycles. The van der Waals surface area contributed by atoms with Gasteiger partial charge in [-0.05, 0) is 93.8 Å². The van der Waals surface area contributed by atoms with Crippen LogP contribution in [0, 0.1) is 11.8 Å². The van der Waals surface area contributed by atoms with E-state index in [2.05, 4.69) is 11.0 Å². The van der Waals surface area contributed by atoms with Crippen LogP contribution < -0.4 is 0 Å². The van der Waals surface area contributed by atoms with Gasteiger partial charge in [-0.3, -0.25) is 4.79 Å². The minimum Gasteiger partial charge on any atom is -0.342 e. The van der Waals surface area contributed by atoms with Crippen LogP contribution in [0.25, 0.3) is 0 Å². The minimum atomic E-state index is 0.410. The van der Waals surface area contributed by atoms with Crippen LogP contribution in [0.4, 0.5) is 0 Å². The van der Waals surface area contributed by atoms with Gasteiger partial charge in [-0.15, -0.1) is 0 Å². The average Bonchev–Trinajstić information content (AvgIpc) is 2.73. The minimum absolute atomic E-state index is 0.410. The zero-order chi connectivity index (χ0) is 19.6. The zero-order valence-corrected chi connectivity index (χ0v) is 18.7. The van der Waals surface area contributed by atoms with E-state index in [9.17, 15) is 4.79 Å². The normalized spacial score (nSPS) is 25.1. The molecule has 2 nitrogen and oxygen atoms in total. The van der Waals surface area contributed by atoms with Crippen LogP contribution in [0.3, 0.4) is 0 Å². The SMILES string of the molecule is O=C(CCCCCC(=S)CCCC1=CCCCC1)N1CCC2CCCCC2C1. The first-order valence-corrected chi connectivity index (χ1v) is 12.6. The fraction of sp³-hybridized carbons (Fsp3) is 0.840. The largest absolute Gasteiger partial charge is 0.342 e. The summed E-state index contributed by atoms with van der Waals surface area (Å²) in [5.74, 6) is 2.12. The summed E-state index contributed by atoms with van der Waals surface area (Å²) < 4.78 is 0. The summed E-state index contributed by atoms with van der Waals surface area (Å²) in [5.41, 5.74) is 1.67. The number of piperidine rings is 1. The van der Waals surface area contributed by atoms with Gasteiger partial charge in [-0.25, -0.2) is 0 Å². The molecule has 2 atom stereocenters. The second-order valence-electron chi connectivity index (χ2n) is 9.49. The van der Waals surface area contributed by atoms with Crippen molar-refractivity contribution in [2.24, 2.45) is 11.8 Å². The lowest BCUT2D eigenvalue weighted by Crippen LogP contribution is -2.44. The predicted molar refractivity (Wildman–Crippen MR) is 123 cm³/mol. The average molecular weight is 404 g/mol. The van der Waals surface area contributed by atoms with Crippen molar-refractivity contribution in [2.75, 3.05) is 13.1 Å². The fourth-order valence-electron chi connectivity index (χ4n) is 5.53. The van der Waals surface area contributed by atoms with Crippen molar-refractivity contribution in [3.8, 4) is 0 Å². The number of hydrogen-bond acceptors (Lipinski definition) is 2. The maximum atomic E-state index is 12.6. The summed E-state index contributed by atoms with van der Waals surface area (Å²) >= 11 is 5.58. The van der Waals surface area contributed by atoms with Crippen molar-refractivity contribution >= 4 is 23.0 Å². The molecule has 0 bridgehead atoms. The van der Waals surface area contributed by atoms with E-state index in [4.69, 9.17) is 12.2 Å². The van der Waals surface area contributed by atoms with Gasteiger partial charge in [0, 0.05) is 19.5 Å². The molecular weight excluding hydrogens is 362 g/mol. The zero-order valence-electron chi connectivity index (χ0n) is 17.9. The molecule has 2 unspecified atom stereocenters. The van der Waals surface area contributed by atoms with Gasteiger partial charge < -0.3 is 4.90 Å². The van der Waals surface area contributed by atoms with Crippen LogP contribution in [-0.2, 0) is 4.79 Å². The molecule has 1 heterocycles. The smallest absolute Gasteiger partial charge is 0.222 e. The highest BCUT2D eigenvalue weighted by molar-refractivity contribution is 7.80. The Labute approximate surface area is 178 Å². The Bertz CT molecular complexity index is 541. The molecule has 0 spiro atoms. The van der Waals surface area contributed by atoms with Crippen LogP contribution in [0.1, 0.15) is 109 Å². The van der Waals surface area contributed by atoms with E-state index < -0.39 is 0 Å². The highest BCUT2D eigenvalue weighted by Gasteiger charge is 2.32. The maximum absolute atomic E-state index is 12.6. The Hall–Kier alpha value is -0.700. The number of hydrogen-bond donors (Lipinski definition) is 0. The molecule has 2 fully saturated rings. The summed E-state index contributed by atoms with van der Waals surface area (Å²) in [6, 6.07) is 0. The fourth-order valence-corrected chi connectivity index (χ4v) is 5.82. The third-order valence-corrected chi connectivity index (χ3v) is 7.74. The quantitative estimate of drug-likeness (QED) is 0.222. The first-order valence-electron chi connectivity index (χ1n) is 12.2. The van der Waals surface area contributed by atoms with E-state index in [1.54, 1.807) is 5.57 Å². The molecule has 0 aromatic heterocycles. The number of nitrogens with zero attached hydrogens (tertiary/aromatic N) is 1. The molecule has 1 saturated heterocycles. The topological polar surface area (TPSA) is 20.3 Å². The molecule has 1 amide bonds. The molecule has 0 aromatic rings. The molecule has 3 aliphatic rings. The third-order valence-electron chi connectivity index (χ3n) is 7.33. The number of rotatable bonds is 10. The highest BCUT2D eigenvalue weighted by Crippen LogP contribution is 2.36. The van der Waals surface area contributed by atoms with E-state index >= 15 is 0 Å². The monoisotopic (exact) mass is 403 g/mol. The Morgan fingerprint density at radius 1 is 0.929 bits per heavy atom. The molecule has 0 N–H and O–H groups in total. The van der Waals surface area contributed by atoms with E-state index in [1.807, 2.05) is 0 Å². The van der Waals surface area contributed by atoms with Crippen molar-refractivity contribution in [2.45, 2.75) is 109 Å². The van der Waals surface area contributed by atoms with Crippen molar-refractivity contribution in [1.29, 1.82) is 0 Å². The van der Waals surface area contributed by atoms with Crippen molar-refractivity contribution in [1.82, 2.24) is 4.90 Å². The highest BCUT2D eigenvalue weighted by atomic mass is 32.1. The van der Waals surface area contributed by atoms with E-state index in [0.717, 1.165) is 57.0 Å². The molecule has 0 radical (unpaired) electrons. The first kappa shape index (κ1) is 22.0. The number of thiocarbonyl (C=S) groups is 1. The first-order chi connectivity index (χ1) is 13.7. The number of amides is 1. The van der Waals surface area contributed by atoms with Crippen LogP contribution in [0.2, 0.25) is 0 Å². The summed E-state index contributed by atoms with van der Waals surface area (Å²) in [7, 11) is 0. The lowest BCUT2D eigenvalue weighted by atomic mass is 9.75. The Balaban J connectivity index is 1.20. The van der Waals surface area contributed by atoms with Crippen LogP contribution >= 0.6 is 12.2 Å². The van der Waals surface area contributed by atoms with E-state index in [1.165, 1.54) is 81.9 Å². The lowest BCUT2D eigenvalue weighted by molar-refractivity contribution is -0.134. The van der Waals surface area contributed by atoms with Gasteiger partial charge in [0.25, 0.3) is 0 Å². The second-order valence-corrected chi connectivity index (χ2v) is 10.1. The molecule has 0 aromatic carbocycles. The Morgan fingerprint density at radius 2 is 1.71 bits per heavy atom. The van der Waals surface area contributed by atoms with Gasteiger partial charge >= 0.3 is 0 Å². The number of unbranched alkanes of at least 4 members (excludes halogenated alkanes) is 2. The van der Waals surface area contributed by atoms with Gasteiger partial charge in [0.1, 0.15) is 0 Å².